The molecule has 2 amide bonds. The van der Waals surface area contributed by atoms with Gasteiger partial charge in [-0.15, -0.1) is 0 Å². The van der Waals surface area contributed by atoms with Crippen LogP contribution in [-0.4, -0.2) is 52.7 Å². The van der Waals surface area contributed by atoms with Gasteiger partial charge in [0.15, 0.2) is 0 Å². The zero-order chi connectivity index (χ0) is 18.3. The minimum absolute atomic E-state index is 0.0493. The van der Waals surface area contributed by atoms with Gasteiger partial charge in [0.2, 0.25) is 5.95 Å². The van der Waals surface area contributed by atoms with Crippen LogP contribution in [0.5, 0.6) is 0 Å². The fraction of sp³-hybridized carbons (Fsp3) is 0.444. The maximum absolute atomic E-state index is 12.7. The van der Waals surface area contributed by atoms with Crippen LogP contribution in [0.2, 0.25) is 0 Å². The summed E-state index contributed by atoms with van der Waals surface area (Å²) in [6.07, 6.45) is 4.24. The van der Waals surface area contributed by atoms with E-state index in [4.69, 9.17) is 0 Å². The van der Waals surface area contributed by atoms with E-state index >= 15 is 0 Å². The van der Waals surface area contributed by atoms with Crippen molar-refractivity contribution >= 4 is 17.7 Å². The van der Waals surface area contributed by atoms with Crippen LogP contribution in [-0.2, 0) is 6.54 Å². The van der Waals surface area contributed by atoms with Gasteiger partial charge in [-0.3, -0.25) is 4.79 Å². The van der Waals surface area contributed by atoms with Crippen molar-refractivity contribution in [3.63, 3.8) is 0 Å². The number of carbonyl (C=O) groups is 1. The fourth-order valence-electron chi connectivity index (χ4n) is 3.88. The Morgan fingerprint density at radius 2 is 1.96 bits per heavy atom. The minimum Gasteiger partial charge on any atom is -0.347 e. The van der Waals surface area contributed by atoms with Crippen molar-refractivity contribution in [2.45, 2.75) is 18.9 Å². The van der Waals surface area contributed by atoms with Gasteiger partial charge in [-0.2, -0.15) is 0 Å². The third-order valence-corrected chi connectivity index (χ3v) is 5.06. The van der Waals surface area contributed by atoms with Gasteiger partial charge in [0, 0.05) is 51.4 Å². The number of anilines is 2. The SMILES string of the molecule is CN(C)c1ncc(NC(=O)N2C[C@@H]3C[C@H](C2)c2cccc(=O)n2C3)cn1. The van der Waals surface area contributed by atoms with Gasteiger partial charge in [-0.05, 0) is 18.4 Å². The van der Waals surface area contributed by atoms with Crippen LogP contribution in [0, 0.1) is 5.92 Å². The summed E-state index contributed by atoms with van der Waals surface area (Å²) in [5.74, 6) is 1.10. The Labute approximate surface area is 151 Å². The van der Waals surface area contributed by atoms with E-state index in [9.17, 15) is 9.59 Å². The first kappa shape index (κ1) is 16.6. The number of urea groups is 1. The zero-order valence-corrected chi connectivity index (χ0v) is 14.9. The summed E-state index contributed by atoms with van der Waals surface area (Å²) in [6, 6.07) is 5.26. The summed E-state index contributed by atoms with van der Waals surface area (Å²) >= 11 is 0. The lowest BCUT2D eigenvalue weighted by Gasteiger charge is -2.42. The van der Waals surface area contributed by atoms with Crippen molar-refractivity contribution in [2.24, 2.45) is 5.92 Å². The lowest BCUT2D eigenvalue weighted by Crippen LogP contribution is -2.50. The quantitative estimate of drug-likeness (QED) is 0.880. The molecule has 0 unspecified atom stereocenters. The summed E-state index contributed by atoms with van der Waals surface area (Å²) in [7, 11) is 3.73. The third kappa shape index (κ3) is 3.02. The molecule has 1 saturated heterocycles. The molecule has 1 fully saturated rings. The summed E-state index contributed by atoms with van der Waals surface area (Å²) in [6.45, 7) is 1.94. The molecule has 0 radical (unpaired) electrons. The van der Waals surface area contributed by atoms with Gasteiger partial charge in [0.1, 0.15) is 0 Å². The van der Waals surface area contributed by atoms with Gasteiger partial charge >= 0.3 is 6.03 Å². The number of nitrogens with one attached hydrogen (secondary N) is 1. The molecule has 2 aromatic heterocycles. The van der Waals surface area contributed by atoms with Crippen molar-refractivity contribution in [2.75, 3.05) is 37.4 Å². The molecule has 1 N–H and O–H groups in total. The molecule has 2 atom stereocenters. The Morgan fingerprint density at radius 1 is 1.19 bits per heavy atom. The van der Waals surface area contributed by atoms with Gasteiger partial charge in [-0.1, -0.05) is 6.07 Å². The molecule has 2 aromatic rings. The molecule has 8 nitrogen and oxygen atoms in total. The van der Waals surface area contributed by atoms with E-state index in [1.165, 1.54) is 0 Å². The van der Waals surface area contributed by atoms with Gasteiger partial charge in [0.25, 0.3) is 5.56 Å². The third-order valence-electron chi connectivity index (χ3n) is 5.06. The second-order valence-electron chi connectivity index (χ2n) is 7.20. The first-order valence-electron chi connectivity index (χ1n) is 8.76. The molecular formula is C18H22N6O2. The maximum atomic E-state index is 12.7. The molecule has 4 rings (SSSR count). The van der Waals surface area contributed by atoms with E-state index in [1.54, 1.807) is 29.4 Å². The van der Waals surface area contributed by atoms with Crippen molar-refractivity contribution in [3.8, 4) is 0 Å². The highest BCUT2D eigenvalue weighted by Crippen LogP contribution is 2.35. The van der Waals surface area contributed by atoms with E-state index in [0.717, 1.165) is 12.1 Å². The fourth-order valence-corrected chi connectivity index (χ4v) is 3.88. The van der Waals surface area contributed by atoms with E-state index in [0.29, 0.717) is 37.2 Å². The summed E-state index contributed by atoms with van der Waals surface area (Å²) in [4.78, 5) is 36.8. The van der Waals surface area contributed by atoms with Crippen molar-refractivity contribution < 1.29 is 4.79 Å². The first-order valence-corrected chi connectivity index (χ1v) is 8.76. The van der Waals surface area contributed by atoms with Crippen LogP contribution >= 0.6 is 0 Å². The Kier molecular flexibility index (Phi) is 4.10. The molecule has 136 valence electrons. The number of pyridine rings is 1. The average molecular weight is 354 g/mol. The van der Waals surface area contributed by atoms with E-state index in [1.807, 2.05) is 29.6 Å². The molecule has 0 aromatic carbocycles. The van der Waals surface area contributed by atoms with Crippen LogP contribution in [0.4, 0.5) is 16.4 Å². The molecule has 2 bridgehead atoms. The lowest BCUT2D eigenvalue weighted by atomic mass is 9.83. The van der Waals surface area contributed by atoms with Crippen LogP contribution in [0.1, 0.15) is 18.0 Å². The van der Waals surface area contributed by atoms with E-state index in [2.05, 4.69) is 15.3 Å². The van der Waals surface area contributed by atoms with E-state index < -0.39 is 0 Å². The monoisotopic (exact) mass is 354 g/mol. The molecule has 0 saturated carbocycles. The number of amides is 2. The van der Waals surface area contributed by atoms with Crippen LogP contribution in [0.25, 0.3) is 0 Å². The molecule has 2 aliphatic heterocycles. The van der Waals surface area contributed by atoms with Gasteiger partial charge in [-0.25, -0.2) is 14.8 Å². The van der Waals surface area contributed by atoms with Crippen LogP contribution < -0.4 is 15.8 Å². The maximum Gasteiger partial charge on any atom is 0.321 e. The zero-order valence-electron chi connectivity index (χ0n) is 14.9. The van der Waals surface area contributed by atoms with Crippen LogP contribution in [0.15, 0.2) is 35.4 Å². The second kappa shape index (κ2) is 6.44. The smallest absolute Gasteiger partial charge is 0.321 e. The van der Waals surface area contributed by atoms with Crippen molar-refractivity contribution in [3.05, 3.63) is 46.6 Å². The topological polar surface area (TPSA) is 83.4 Å². The molecule has 26 heavy (non-hydrogen) atoms. The molecular weight excluding hydrogens is 332 g/mol. The van der Waals surface area contributed by atoms with Crippen molar-refractivity contribution in [1.29, 1.82) is 0 Å². The number of fused-ring (bicyclic) bond motifs is 4. The molecule has 0 spiro atoms. The number of carbonyl (C=O) groups excluding carboxylic acids is 1. The van der Waals surface area contributed by atoms with E-state index in [-0.39, 0.29) is 17.5 Å². The number of rotatable bonds is 2. The molecule has 8 heteroatoms. The largest absolute Gasteiger partial charge is 0.347 e. The number of nitrogens with zero attached hydrogens (tertiary/aromatic N) is 5. The highest BCUT2D eigenvalue weighted by atomic mass is 16.2. The number of hydrogen-bond donors (Lipinski definition) is 1. The summed E-state index contributed by atoms with van der Waals surface area (Å²) in [5.41, 5.74) is 1.66. The predicted octanol–water partition coefficient (Wildman–Crippen LogP) is 1.36. The first-order chi connectivity index (χ1) is 12.5. The highest BCUT2D eigenvalue weighted by molar-refractivity contribution is 5.89. The Hall–Kier alpha value is -2.90. The second-order valence-corrected chi connectivity index (χ2v) is 7.20. The molecule has 0 aliphatic carbocycles. The minimum atomic E-state index is -0.146. The number of aromatic nitrogens is 3. The summed E-state index contributed by atoms with van der Waals surface area (Å²) in [5, 5.41) is 2.88. The average Bonchev–Trinajstić information content (AvgIpc) is 2.63. The standard InChI is InChI=1S/C18H22N6O2/c1-22(2)17-19-7-14(8-20-17)21-18(26)23-9-12-6-13(11-23)15-4-3-5-16(25)24(15)10-12/h3-5,7-8,12-13H,6,9-11H2,1-2H3,(H,21,26)/t12-,13+/m0/s1. The van der Waals surface area contributed by atoms with Gasteiger partial charge in [0.05, 0.1) is 18.1 Å². The Morgan fingerprint density at radius 3 is 2.69 bits per heavy atom. The van der Waals surface area contributed by atoms with Crippen LogP contribution in [0.3, 0.4) is 0 Å². The van der Waals surface area contributed by atoms with Crippen molar-refractivity contribution in [1.82, 2.24) is 19.4 Å². The highest BCUT2D eigenvalue weighted by Gasteiger charge is 2.36. The number of hydrogen-bond acceptors (Lipinski definition) is 5. The predicted molar refractivity (Wildman–Crippen MR) is 98.5 cm³/mol. The summed E-state index contributed by atoms with van der Waals surface area (Å²) < 4.78 is 1.86. The number of piperidine rings is 1. The number of likely N-dealkylation sites (tertiary alicyclic amines) is 1. The Balaban J connectivity index is 1.48. The Bertz CT molecular complexity index is 876. The normalized spacial score (nSPS) is 21.1. The lowest BCUT2D eigenvalue weighted by molar-refractivity contribution is 0.139. The van der Waals surface area contributed by atoms with Gasteiger partial charge < -0.3 is 19.7 Å². The molecule has 4 heterocycles. The molecule has 2 aliphatic rings.